The molecule has 3 rings (SSSR count). The Morgan fingerprint density at radius 3 is 2.59 bits per heavy atom. The quantitative estimate of drug-likeness (QED) is 0.814. The summed E-state index contributed by atoms with van der Waals surface area (Å²) >= 11 is 0. The number of nitrogens with zero attached hydrogens (tertiary/aromatic N) is 3. The Balaban J connectivity index is 1.54. The lowest BCUT2D eigenvalue weighted by Gasteiger charge is -2.22. The normalized spacial score (nSPS) is 14.6. The molecular weight excluding hydrogens is 342 g/mol. The number of para-hydroxylation sites is 1. The first-order valence-corrected chi connectivity index (χ1v) is 9.28. The second-order valence-electron chi connectivity index (χ2n) is 6.58. The van der Waals surface area contributed by atoms with E-state index in [-0.39, 0.29) is 11.8 Å². The van der Waals surface area contributed by atoms with Gasteiger partial charge in [0.05, 0.1) is 12.7 Å². The molecule has 0 radical (unpaired) electrons. The van der Waals surface area contributed by atoms with Gasteiger partial charge in [0.1, 0.15) is 5.75 Å². The number of methoxy groups -OCH3 is 1. The van der Waals surface area contributed by atoms with Crippen molar-refractivity contribution >= 4 is 11.8 Å². The van der Waals surface area contributed by atoms with Crippen molar-refractivity contribution in [1.82, 2.24) is 14.8 Å². The molecule has 1 fully saturated rings. The summed E-state index contributed by atoms with van der Waals surface area (Å²) in [4.78, 5) is 32.9. The number of carbonyl (C=O) groups excluding carboxylic acids is 2. The molecule has 0 bridgehead atoms. The maximum Gasteiger partial charge on any atom is 0.255 e. The van der Waals surface area contributed by atoms with Crippen LogP contribution in [0.4, 0.5) is 0 Å². The van der Waals surface area contributed by atoms with E-state index in [1.54, 1.807) is 31.6 Å². The average Bonchev–Trinajstić information content (AvgIpc) is 2.98. The number of hydrogen-bond donors (Lipinski definition) is 0. The van der Waals surface area contributed by atoms with E-state index in [2.05, 4.69) is 4.98 Å². The number of carbonyl (C=O) groups is 2. The molecule has 1 aromatic heterocycles. The summed E-state index contributed by atoms with van der Waals surface area (Å²) in [5.74, 6) is 0.914. The Labute approximate surface area is 159 Å². The Morgan fingerprint density at radius 2 is 1.81 bits per heavy atom. The summed E-state index contributed by atoms with van der Waals surface area (Å²) < 4.78 is 5.35. The van der Waals surface area contributed by atoms with Gasteiger partial charge in [0.25, 0.3) is 5.91 Å². The zero-order valence-corrected chi connectivity index (χ0v) is 15.6. The highest BCUT2D eigenvalue weighted by Gasteiger charge is 2.23. The molecule has 0 saturated carbocycles. The van der Waals surface area contributed by atoms with E-state index in [4.69, 9.17) is 4.74 Å². The van der Waals surface area contributed by atoms with Crippen molar-refractivity contribution in [3.05, 3.63) is 59.9 Å². The van der Waals surface area contributed by atoms with Crippen LogP contribution in [-0.2, 0) is 11.2 Å². The molecule has 0 aliphatic carbocycles. The third-order valence-corrected chi connectivity index (χ3v) is 4.85. The number of rotatable bonds is 5. The number of benzene rings is 1. The van der Waals surface area contributed by atoms with Crippen molar-refractivity contribution in [3.8, 4) is 5.75 Å². The smallest absolute Gasteiger partial charge is 0.255 e. The van der Waals surface area contributed by atoms with Gasteiger partial charge in [-0.15, -0.1) is 0 Å². The molecule has 2 heterocycles. The van der Waals surface area contributed by atoms with Crippen molar-refractivity contribution in [3.63, 3.8) is 0 Å². The van der Waals surface area contributed by atoms with Gasteiger partial charge in [0, 0.05) is 45.0 Å². The Bertz CT molecular complexity index is 779. The molecule has 1 aliphatic heterocycles. The van der Waals surface area contributed by atoms with Gasteiger partial charge >= 0.3 is 0 Å². The van der Waals surface area contributed by atoms with Gasteiger partial charge in [-0.25, -0.2) is 0 Å². The topological polar surface area (TPSA) is 62.7 Å². The molecule has 6 heteroatoms. The number of aromatic nitrogens is 1. The van der Waals surface area contributed by atoms with Gasteiger partial charge in [0.15, 0.2) is 0 Å². The van der Waals surface area contributed by atoms with Gasteiger partial charge in [-0.05, 0) is 36.6 Å². The molecule has 27 heavy (non-hydrogen) atoms. The van der Waals surface area contributed by atoms with Crippen LogP contribution in [0.5, 0.6) is 5.75 Å². The second kappa shape index (κ2) is 9.16. The summed E-state index contributed by atoms with van der Waals surface area (Å²) in [5.41, 5.74) is 1.63. The molecule has 0 spiro atoms. The Morgan fingerprint density at radius 1 is 1.04 bits per heavy atom. The molecule has 6 nitrogen and oxygen atoms in total. The highest BCUT2D eigenvalue weighted by molar-refractivity contribution is 5.94. The van der Waals surface area contributed by atoms with Crippen LogP contribution in [-0.4, -0.2) is 59.9 Å². The van der Waals surface area contributed by atoms with E-state index in [0.717, 1.165) is 17.7 Å². The predicted octanol–water partition coefficient (Wildman–Crippen LogP) is 2.40. The minimum atomic E-state index is -0.0218. The summed E-state index contributed by atoms with van der Waals surface area (Å²) in [6, 6.07) is 11.3. The number of amides is 2. The van der Waals surface area contributed by atoms with Gasteiger partial charge in [-0.2, -0.15) is 0 Å². The number of pyridine rings is 1. The summed E-state index contributed by atoms with van der Waals surface area (Å²) in [7, 11) is 1.64. The van der Waals surface area contributed by atoms with Crippen LogP contribution in [0, 0.1) is 0 Å². The van der Waals surface area contributed by atoms with Gasteiger partial charge < -0.3 is 14.5 Å². The summed E-state index contributed by atoms with van der Waals surface area (Å²) in [6.07, 6.45) is 5.12. The molecule has 2 amide bonds. The third kappa shape index (κ3) is 4.84. The van der Waals surface area contributed by atoms with Crippen LogP contribution in [0.2, 0.25) is 0 Å². The molecule has 1 aromatic carbocycles. The fourth-order valence-electron chi connectivity index (χ4n) is 3.35. The van der Waals surface area contributed by atoms with Crippen LogP contribution in [0.1, 0.15) is 28.8 Å². The zero-order chi connectivity index (χ0) is 19.1. The van der Waals surface area contributed by atoms with Crippen LogP contribution in [0.3, 0.4) is 0 Å². The van der Waals surface area contributed by atoms with Crippen molar-refractivity contribution in [2.75, 3.05) is 33.3 Å². The number of aryl methyl sites for hydroxylation is 1. The number of hydrogen-bond acceptors (Lipinski definition) is 4. The lowest BCUT2D eigenvalue weighted by atomic mass is 10.1. The fourth-order valence-corrected chi connectivity index (χ4v) is 3.35. The second-order valence-corrected chi connectivity index (χ2v) is 6.58. The average molecular weight is 367 g/mol. The first-order chi connectivity index (χ1) is 13.2. The van der Waals surface area contributed by atoms with E-state index in [0.29, 0.717) is 44.6 Å². The lowest BCUT2D eigenvalue weighted by Crippen LogP contribution is -2.37. The SMILES string of the molecule is COc1ccccc1CCC(=O)N1CCCN(C(=O)c2cccnc2)CC1. The summed E-state index contributed by atoms with van der Waals surface area (Å²) in [6.45, 7) is 2.45. The van der Waals surface area contributed by atoms with E-state index < -0.39 is 0 Å². The maximum absolute atomic E-state index is 12.6. The van der Waals surface area contributed by atoms with Gasteiger partial charge in [0.2, 0.25) is 5.91 Å². The fraction of sp³-hybridized carbons (Fsp3) is 0.381. The monoisotopic (exact) mass is 367 g/mol. The molecule has 0 atom stereocenters. The van der Waals surface area contributed by atoms with Crippen molar-refractivity contribution in [2.45, 2.75) is 19.3 Å². The molecule has 2 aromatic rings. The van der Waals surface area contributed by atoms with Crippen molar-refractivity contribution < 1.29 is 14.3 Å². The van der Waals surface area contributed by atoms with E-state index >= 15 is 0 Å². The zero-order valence-electron chi connectivity index (χ0n) is 15.6. The Kier molecular flexibility index (Phi) is 6.41. The summed E-state index contributed by atoms with van der Waals surface area (Å²) in [5, 5.41) is 0. The van der Waals surface area contributed by atoms with Crippen molar-refractivity contribution in [1.29, 1.82) is 0 Å². The first-order valence-electron chi connectivity index (χ1n) is 9.28. The first kappa shape index (κ1) is 18.9. The third-order valence-electron chi connectivity index (χ3n) is 4.85. The van der Waals surface area contributed by atoms with Gasteiger partial charge in [-0.1, -0.05) is 18.2 Å². The van der Waals surface area contributed by atoms with Crippen LogP contribution >= 0.6 is 0 Å². The van der Waals surface area contributed by atoms with Gasteiger partial charge in [-0.3, -0.25) is 14.6 Å². The minimum Gasteiger partial charge on any atom is -0.496 e. The maximum atomic E-state index is 12.6. The molecule has 0 unspecified atom stereocenters. The molecular formula is C21H25N3O3. The largest absolute Gasteiger partial charge is 0.496 e. The molecule has 1 aliphatic rings. The van der Waals surface area contributed by atoms with E-state index in [9.17, 15) is 9.59 Å². The van der Waals surface area contributed by atoms with Crippen LogP contribution in [0.15, 0.2) is 48.8 Å². The molecule has 0 N–H and O–H groups in total. The van der Waals surface area contributed by atoms with Crippen LogP contribution in [0.25, 0.3) is 0 Å². The molecule has 142 valence electrons. The number of ether oxygens (including phenoxy) is 1. The Hall–Kier alpha value is -2.89. The minimum absolute atomic E-state index is 0.0218. The predicted molar refractivity (Wildman–Crippen MR) is 103 cm³/mol. The highest BCUT2D eigenvalue weighted by Crippen LogP contribution is 2.19. The van der Waals surface area contributed by atoms with E-state index in [1.165, 1.54) is 0 Å². The van der Waals surface area contributed by atoms with E-state index in [1.807, 2.05) is 34.1 Å². The molecule has 1 saturated heterocycles. The van der Waals surface area contributed by atoms with Crippen molar-refractivity contribution in [2.24, 2.45) is 0 Å². The lowest BCUT2D eigenvalue weighted by molar-refractivity contribution is -0.131. The van der Waals surface area contributed by atoms with Crippen LogP contribution < -0.4 is 4.74 Å². The standard InChI is InChI=1S/C21H25N3O3/c1-27-19-8-3-2-6-17(19)9-10-20(25)23-12-5-13-24(15-14-23)21(26)18-7-4-11-22-16-18/h2-4,6-8,11,16H,5,9-10,12-15H2,1H3. The highest BCUT2D eigenvalue weighted by atomic mass is 16.5.